The van der Waals surface area contributed by atoms with Crippen LogP contribution in [0.1, 0.15) is 0 Å². The first-order chi connectivity index (χ1) is 6.95. The van der Waals surface area contributed by atoms with Gasteiger partial charge in [-0.1, -0.05) is 47.2 Å². The zero-order chi connectivity index (χ0) is 9.38. The summed E-state index contributed by atoms with van der Waals surface area (Å²) in [5, 5.41) is 2.61. The van der Waals surface area contributed by atoms with Crippen LogP contribution >= 0.6 is 24.8 Å². The molecule has 1 aromatic heterocycles. The molecule has 1 heterocycles. The molecule has 2 aromatic carbocycles. The SMILES string of the molecule is Cl.Cl.[Zr].c1ccc2c(c1)cc[c-]2-n1cccc1. The van der Waals surface area contributed by atoms with Gasteiger partial charge >= 0.3 is 0 Å². The Morgan fingerprint density at radius 1 is 0.824 bits per heavy atom. The van der Waals surface area contributed by atoms with Crippen molar-refractivity contribution in [2.75, 3.05) is 0 Å². The van der Waals surface area contributed by atoms with Gasteiger partial charge in [-0.2, -0.15) is 0 Å². The molecule has 0 aliphatic rings. The summed E-state index contributed by atoms with van der Waals surface area (Å²) in [6.07, 6.45) is 4.14. The molecule has 0 radical (unpaired) electrons. The Morgan fingerprint density at radius 2 is 1.47 bits per heavy atom. The molecular weight excluding hydrogens is 332 g/mol. The van der Waals surface area contributed by atoms with Crippen LogP contribution in [-0.2, 0) is 26.2 Å². The van der Waals surface area contributed by atoms with Crippen LogP contribution in [0.2, 0.25) is 0 Å². The van der Waals surface area contributed by atoms with Crippen molar-refractivity contribution >= 4 is 35.6 Å². The van der Waals surface area contributed by atoms with Crippen molar-refractivity contribution in [3.8, 4) is 5.69 Å². The molecule has 0 N–H and O–H groups in total. The van der Waals surface area contributed by atoms with Crippen LogP contribution in [0.5, 0.6) is 0 Å². The van der Waals surface area contributed by atoms with E-state index >= 15 is 0 Å². The van der Waals surface area contributed by atoms with Gasteiger partial charge < -0.3 is 4.57 Å². The topological polar surface area (TPSA) is 4.93 Å². The summed E-state index contributed by atoms with van der Waals surface area (Å²) in [6.45, 7) is 0. The fourth-order valence-electron chi connectivity index (χ4n) is 1.85. The van der Waals surface area contributed by atoms with Gasteiger partial charge in [-0.3, -0.25) is 0 Å². The second kappa shape index (κ2) is 7.11. The van der Waals surface area contributed by atoms with Crippen LogP contribution in [0.3, 0.4) is 0 Å². The maximum Gasteiger partial charge on any atom is 0 e. The molecule has 0 fully saturated rings. The molecule has 3 aromatic rings. The number of fused-ring (bicyclic) bond motifs is 1. The first-order valence-electron chi connectivity index (χ1n) is 4.73. The third-order valence-electron chi connectivity index (χ3n) is 2.54. The van der Waals surface area contributed by atoms with E-state index < -0.39 is 0 Å². The van der Waals surface area contributed by atoms with Gasteiger partial charge in [-0.25, -0.2) is 0 Å². The molecule has 88 valence electrons. The fourth-order valence-corrected chi connectivity index (χ4v) is 1.85. The van der Waals surface area contributed by atoms with Crippen molar-refractivity contribution in [3.05, 3.63) is 60.9 Å². The van der Waals surface area contributed by atoms with E-state index in [2.05, 4.69) is 53.4 Å². The quantitative estimate of drug-likeness (QED) is 0.584. The van der Waals surface area contributed by atoms with Crippen molar-refractivity contribution in [2.24, 2.45) is 0 Å². The Bertz CT molecular complexity index is 558. The number of hydrogen-bond donors (Lipinski definition) is 0. The van der Waals surface area contributed by atoms with Crippen LogP contribution in [0.25, 0.3) is 16.5 Å². The van der Waals surface area contributed by atoms with Crippen LogP contribution in [0.15, 0.2) is 60.9 Å². The van der Waals surface area contributed by atoms with E-state index in [0.29, 0.717) is 0 Å². The van der Waals surface area contributed by atoms with Crippen molar-refractivity contribution < 1.29 is 26.2 Å². The number of aromatic nitrogens is 1. The molecule has 0 aliphatic heterocycles. The average molecular weight is 344 g/mol. The predicted molar refractivity (Wildman–Crippen MR) is 73.4 cm³/mol. The second-order valence-corrected chi connectivity index (χ2v) is 3.40. The zero-order valence-corrected chi connectivity index (χ0v) is 13.1. The van der Waals surface area contributed by atoms with E-state index in [4.69, 9.17) is 0 Å². The number of halogens is 2. The molecule has 0 spiro atoms. The van der Waals surface area contributed by atoms with Crippen LogP contribution in [0.4, 0.5) is 0 Å². The molecule has 0 aliphatic carbocycles. The molecule has 0 amide bonds. The van der Waals surface area contributed by atoms with Gasteiger partial charge in [0.2, 0.25) is 0 Å². The standard InChI is InChI=1S/C13H10N.2ClH.Zr/c1-2-6-12-11(5-1)7-8-13(12)14-9-3-4-10-14;;;/h1-10H;2*1H;/q-1;;;. The third-order valence-corrected chi connectivity index (χ3v) is 2.54. The van der Waals surface area contributed by atoms with Crippen molar-refractivity contribution in [2.45, 2.75) is 0 Å². The van der Waals surface area contributed by atoms with E-state index in [1.54, 1.807) is 0 Å². The number of nitrogens with zero attached hydrogens (tertiary/aromatic N) is 1. The summed E-state index contributed by atoms with van der Waals surface area (Å²) in [7, 11) is 0. The van der Waals surface area contributed by atoms with Crippen LogP contribution < -0.4 is 0 Å². The van der Waals surface area contributed by atoms with Crippen LogP contribution in [-0.4, -0.2) is 4.57 Å². The van der Waals surface area contributed by atoms with E-state index in [0.717, 1.165) is 0 Å². The molecule has 1 nitrogen and oxygen atoms in total. The summed E-state index contributed by atoms with van der Waals surface area (Å²) in [6, 6.07) is 16.9. The number of hydrogen-bond acceptors (Lipinski definition) is 0. The molecule has 17 heavy (non-hydrogen) atoms. The Labute approximate surface area is 132 Å². The van der Waals surface area contributed by atoms with Crippen molar-refractivity contribution in [1.29, 1.82) is 0 Å². The normalized spacial score (nSPS) is 8.94. The monoisotopic (exact) mass is 342 g/mol. The van der Waals surface area contributed by atoms with Gasteiger partial charge in [0.15, 0.2) is 0 Å². The largest absolute Gasteiger partial charge is 0.403 e. The number of benzene rings is 1. The first-order valence-corrected chi connectivity index (χ1v) is 4.73. The van der Waals surface area contributed by atoms with E-state index in [-0.39, 0.29) is 51.0 Å². The molecular formula is C13H12Cl2NZr-. The summed E-state index contributed by atoms with van der Waals surface area (Å²) < 4.78 is 2.14. The van der Waals surface area contributed by atoms with Crippen LogP contribution in [0, 0.1) is 0 Å². The molecule has 3 rings (SSSR count). The third kappa shape index (κ3) is 3.07. The zero-order valence-electron chi connectivity index (χ0n) is 9.04. The Kier molecular flexibility index (Phi) is 6.93. The molecule has 0 saturated heterocycles. The smallest absolute Gasteiger partial charge is 0 e. The summed E-state index contributed by atoms with van der Waals surface area (Å²) in [5.74, 6) is 0. The summed E-state index contributed by atoms with van der Waals surface area (Å²) >= 11 is 0. The molecule has 0 unspecified atom stereocenters. The Balaban J connectivity index is 0.000000853. The number of rotatable bonds is 1. The van der Waals surface area contributed by atoms with Gasteiger partial charge in [-0.05, 0) is 18.1 Å². The van der Waals surface area contributed by atoms with Crippen molar-refractivity contribution in [1.82, 2.24) is 4.57 Å². The maximum atomic E-state index is 2.16. The van der Waals surface area contributed by atoms with Gasteiger partial charge in [0.05, 0.1) is 0 Å². The predicted octanol–water partition coefficient (Wildman–Crippen LogP) is 4.19. The Morgan fingerprint density at radius 3 is 2.18 bits per heavy atom. The van der Waals surface area contributed by atoms with Gasteiger partial charge in [0.25, 0.3) is 0 Å². The van der Waals surface area contributed by atoms with E-state index in [1.165, 1.54) is 16.5 Å². The van der Waals surface area contributed by atoms with E-state index in [9.17, 15) is 0 Å². The van der Waals surface area contributed by atoms with Gasteiger partial charge in [0, 0.05) is 26.2 Å². The minimum atomic E-state index is 0. The minimum absolute atomic E-state index is 0. The summed E-state index contributed by atoms with van der Waals surface area (Å²) in [5.41, 5.74) is 1.26. The molecule has 0 saturated carbocycles. The van der Waals surface area contributed by atoms with Gasteiger partial charge in [-0.15, -0.1) is 36.9 Å². The minimum Gasteiger partial charge on any atom is -0.403 e. The Hall–Kier alpha value is -0.427. The maximum absolute atomic E-state index is 2.16. The van der Waals surface area contributed by atoms with Gasteiger partial charge in [0.1, 0.15) is 0 Å². The molecule has 4 heteroatoms. The molecule has 0 atom stereocenters. The van der Waals surface area contributed by atoms with E-state index in [1.807, 2.05) is 12.1 Å². The second-order valence-electron chi connectivity index (χ2n) is 3.40. The fraction of sp³-hybridized carbons (Fsp3) is 0. The summed E-state index contributed by atoms with van der Waals surface area (Å²) in [4.78, 5) is 0. The van der Waals surface area contributed by atoms with Crippen molar-refractivity contribution in [3.63, 3.8) is 0 Å². The first kappa shape index (κ1) is 16.6. The average Bonchev–Trinajstić information content (AvgIpc) is 2.85. The molecule has 0 bridgehead atoms.